The quantitative estimate of drug-likeness (QED) is 0.932. The Bertz CT molecular complexity index is 531. The summed E-state index contributed by atoms with van der Waals surface area (Å²) in [5, 5.41) is 7.46. The van der Waals surface area contributed by atoms with Crippen molar-refractivity contribution in [3.05, 3.63) is 45.9 Å². The maximum atomic E-state index is 13.6. The van der Waals surface area contributed by atoms with Crippen LogP contribution in [0.4, 0.5) is 10.1 Å². The van der Waals surface area contributed by atoms with E-state index in [1.54, 1.807) is 6.07 Å². The lowest BCUT2D eigenvalue weighted by molar-refractivity contribution is 0.616. The molecule has 0 spiro atoms. The molecule has 18 heavy (non-hydrogen) atoms. The molecule has 0 amide bonds. The van der Waals surface area contributed by atoms with Crippen molar-refractivity contribution in [1.29, 1.82) is 0 Å². The molecule has 1 aromatic carbocycles. The Morgan fingerprint density at radius 3 is 2.89 bits per heavy atom. The Kier molecular flexibility index (Phi) is 4.01. The predicted octanol–water partition coefficient (Wildman–Crippen LogP) is 3.73. The fourth-order valence-electron chi connectivity index (χ4n) is 1.86. The first-order valence-corrected chi connectivity index (χ1v) is 6.62. The van der Waals surface area contributed by atoms with Gasteiger partial charge in [0.05, 0.1) is 23.6 Å². The van der Waals surface area contributed by atoms with Gasteiger partial charge in [0.15, 0.2) is 0 Å². The van der Waals surface area contributed by atoms with Crippen molar-refractivity contribution in [2.24, 2.45) is 0 Å². The molecule has 0 bridgehead atoms. The van der Waals surface area contributed by atoms with Crippen molar-refractivity contribution in [3.8, 4) is 0 Å². The van der Waals surface area contributed by atoms with Crippen LogP contribution in [0.25, 0.3) is 0 Å². The molecule has 0 aliphatic rings. The van der Waals surface area contributed by atoms with Gasteiger partial charge < -0.3 is 5.32 Å². The summed E-state index contributed by atoms with van der Waals surface area (Å²) in [5.74, 6) is -0.260. The lowest BCUT2D eigenvalue weighted by Gasteiger charge is -2.10. The first kappa shape index (κ1) is 13.1. The molecule has 1 N–H and O–H groups in total. The summed E-state index contributed by atoms with van der Waals surface area (Å²) in [6, 6.07) is 6.93. The third-order valence-corrected chi connectivity index (χ3v) is 3.35. The first-order valence-electron chi connectivity index (χ1n) is 5.83. The molecular weight excluding hydrogens is 297 g/mol. The number of halogens is 2. The third kappa shape index (κ3) is 2.72. The molecule has 0 saturated carbocycles. The van der Waals surface area contributed by atoms with Gasteiger partial charge >= 0.3 is 0 Å². The molecule has 0 atom stereocenters. The number of nitrogens with one attached hydrogen (secondary N) is 1. The lowest BCUT2D eigenvalue weighted by Crippen LogP contribution is -2.09. The monoisotopic (exact) mass is 311 g/mol. The van der Waals surface area contributed by atoms with E-state index in [9.17, 15) is 4.39 Å². The van der Waals surface area contributed by atoms with Gasteiger partial charge in [0.1, 0.15) is 5.82 Å². The average Bonchev–Trinajstić information content (AvgIpc) is 2.69. The van der Waals surface area contributed by atoms with Crippen molar-refractivity contribution in [2.45, 2.75) is 26.9 Å². The van der Waals surface area contributed by atoms with Gasteiger partial charge in [-0.3, -0.25) is 4.68 Å². The van der Waals surface area contributed by atoms with Gasteiger partial charge in [-0.05, 0) is 48.0 Å². The van der Waals surface area contributed by atoms with Crippen molar-refractivity contribution < 1.29 is 4.39 Å². The van der Waals surface area contributed by atoms with Gasteiger partial charge in [0.25, 0.3) is 0 Å². The Labute approximate surface area is 114 Å². The van der Waals surface area contributed by atoms with E-state index >= 15 is 0 Å². The molecule has 0 saturated heterocycles. The molecule has 0 radical (unpaired) electrons. The van der Waals surface area contributed by atoms with Gasteiger partial charge in [-0.25, -0.2) is 4.39 Å². The van der Waals surface area contributed by atoms with E-state index in [2.05, 4.69) is 26.3 Å². The van der Waals surface area contributed by atoms with Crippen molar-refractivity contribution in [2.75, 3.05) is 5.32 Å². The molecule has 3 nitrogen and oxygen atoms in total. The second-order valence-electron chi connectivity index (χ2n) is 4.04. The summed E-state index contributed by atoms with van der Waals surface area (Å²) >= 11 is 3.34. The zero-order chi connectivity index (χ0) is 13.1. The Morgan fingerprint density at radius 1 is 1.44 bits per heavy atom. The highest BCUT2D eigenvalue weighted by Crippen LogP contribution is 2.25. The van der Waals surface area contributed by atoms with Crippen LogP contribution in [-0.2, 0) is 13.1 Å². The smallest absolute Gasteiger partial charge is 0.147 e. The number of rotatable bonds is 4. The molecule has 2 rings (SSSR count). The van der Waals surface area contributed by atoms with E-state index in [-0.39, 0.29) is 5.82 Å². The number of nitrogens with zero attached hydrogens (tertiary/aromatic N) is 2. The molecular formula is C13H15BrFN3. The highest BCUT2D eigenvalue weighted by Gasteiger charge is 2.08. The van der Waals surface area contributed by atoms with Gasteiger partial charge in [0, 0.05) is 11.0 Å². The summed E-state index contributed by atoms with van der Waals surface area (Å²) in [5.41, 5.74) is 2.51. The van der Waals surface area contributed by atoms with Crippen LogP contribution in [0.5, 0.6) is 0 Å². The highest BCUT2D eigenvalue weighted by atomic mass is 79.9. The highest BCUT2D eigenvalue weighted by molar-refractivity contribution is 9.10. The molecule has 0 fully saturated rings. The molecule has 1 heterocycles. The number of para-hydroxylation sites is 1. The molecule has 0 aliphatic carbocycles. The fraction of sp³-hybridized carbons (Fsp3) is 0.308. The molecule has 0 aliphatic heterocycles. The van der Waals surface area contributed by atoms with Crippen molar-refractivity contribution in [1.82, 2.24) is 9.78 Å². The normalized spacial score (nSPS) is 10.7. The SMILES string of the molecule is CCn1nc(C)cc1CNc1c(F)cccc1Br. The minimum atomic E-state index is -0.260. The van der Waals surface area contributed by atoms with Crippen LogP contribution in [0.1, 0.15) is 18.3 Å². The van der Waals surface area contributed by atoms with Crippen LogP contribution in [0.2, 0.25) is 0 Å². The van der Waals surface area contributed by atoms with Crippen LogP contribution in [0.3, 0.4) is 0 Å². The predicted molar refractivity (Wildman–Crippen MR) is 74.1 cm³/mol. The van der Waals surface area contributed by atoms with Gasteiger partial charge in [-0.1, -0.05) is 6.07 Å². The van der Waals surface area contributed by atoms with E-state index in [0.29, 0.717) is 12.2 Å². The average molecular weight is 312 g/mol. The Balaban J connectivity index is 2.16. The van der Waals surface area contributed by atoms with Gasteiger partial charge in [0.2, 0.25) is 0 Å². The van der Waals surface area contributed by atoms with E-state index in [1.165, 1.54) is 6.07 Å². The third-order valence-electron chi connectivity index (χ3n) is 2.69. The van der Waals surface area contributed by atoms with Crippen LogP contribution in [0, 0.1) is 12.7 Å². The number of benzene rings is 1. The zero-order valence-corrected chi connectivity index (χ0v) is 12.0. The number of hydrogen-bond donors (Lipinski definition) is 1. The Morgan fingerprint density at radius 2 is 2.22 bits per heavy atom. The minimum Gasteiger partial charge on any atom is -0.376 e. The van der Waals surface area contributed by atoms with Crippen molar-refractivity contribution >= 4 is 21.6 Å². The van der Waals surface area contributed by atoms with E-state index in [0.717, 1.165) is 22.4 Å². The lowest BCUT2D eigenvalue weighted by atomic mass is 10.3. The topological polar surface area (TPSA) is 29.9 Å². The van der Waals surface area contributed by atoms with E-state index in [4.69, 9.17) is 0 Å². The fourth-order valence-corrected chi connectivity index (χ4v) is 2.34. The van der Waals surface area contributed by atoms with Crippen LogP contribution < -0.4 is 5.32 Å². The van der Waals surface area contributed by atoms with Gasteiger partial charge in [-0.2, -0.15) is 5.10 Å². The van der Waals surface area contributed by atoms with Crippen LogP contribution in [0.15, 0.2) is 28.7 Å². The molecule has 1 aromatic heterocycles. The standard InChI is InChI=1S/C13H15BrFN3/c1-3-18-10(7-9(2)17-18)8-16-13-11(14)5-4-6-12(13)15/h4-7,16H,3,8H2,1-2H3. The summed E-state index contributed by atoms with van der Waals surface area (Å²) in [4.78, 5) is 0. The molecule has 5 heteroatoms. The molecule has 96 valence electrons. The van der Waals surface area contributed by atoms with Crippen LogP contribution in [-0.4, -0.2) is 9.78 Å². The summed E-state index contributed by atoms with van der Waals surface area (Å²) in [6.07, 6.45) is 0. The number of aryl methyl sites for hydroxylation is 2. The number of hydrogen-bond acceptors (Lipinski definition) is 2. The van der Waals surface area contributed by atoms with Gasteiger partial charge in [-0.15, -0.1) is 0 Å². The molecule has 2 aromatic rings. The summed E-state index contributed by atoms with van der Waals surface area (Å²) in [7, 11) is 0. The first-order chi connectivity index (χ1) is 8.61. The van der Waals surface area contributed by atoms with E-state index < -0.39 is 0 Å². The minimum absolute atomic E-state index is 0.260. The largest absolute Gasteiger partial charge is 0.376 e. The number of anilines is 1. The van der Waals surface area contributed by atoms with Crippen molar-refractivity contribution in [3.63, 3.8) is 0 Å². The maximum absolute atomic E-state index is 13.6. The maximum Gasteiger partial charge on any atom is 0.147 e. The molecule has 0 unspecified atom stereocenters. The summed E-state index contributed by atoms with van der Waals surface area (Å²) < 4.78 is 16.3. The second kappa shape index (κ2) is 5.52. The number of aromatic nitrogens is 2. The second-order valence-corrected chi connectivity index (χ2v) is 4.90. The Hall–Kier alpha value is -1.36. The zero-order valence-electron chi connectivity index (χ0n) is 10.4. The van der Waals surface area contributed by atoms with E-state index in [1.807, 2.05) is 30.7 Å². The summed E-state index contributed by atoms with van der Waals surface area (Å²) in [6.45, 7) is 5.35. The van der Waals surface area contributed by atoms with Crippen LogP contribution >= 0.6 is 15.9 Å².